The predicted molar refractivity (Wildman–Crippen MR) is 75.2 cm³/mol. The SMILES string of the molecule is COCCCOCCN[C@H](C)c1ccc(Cl)cc1. The van der Waals surface area contributed by atoms with Gasteiger partial charge in [0, 0.05) is 37.9 Å². The molecule has 1 aromatic rings. The van der Waals surface area contributed by atoms with E-state index < -0.39 is 0 Å². The van der Waals surface area contributed by atoms with Crippen molar-refractivity contribution in [2.45, 2.75) is 19.4 Å². The van der Waals surface area contributed by atoms with Crippen LogP contribution in [0.25, 0.3) is 0 Å². The van der Waals surface area contributed by atoms with Gasteiger partial charge in [-0.15, -0.1) is 0 Å². The Balaban J connectivity index is 2.10. The maximum atomic E-state index is 5.85. The van der Waals surface area contributed by atoms with E-state index in [9.17, 15) is 0 Å². The minimum atomic E-state index is 0.310. The van der Waals surface area contributed by atoms with Crippen LogP contribution in [0.2, 0.25) is 5.02 Å². The van der Waals surface area contributed by atoms with Gasteiger partial charge in [-0.1, -0.05) is 23.7 Å². The number of hydrogen-bond donors (Lipinski definition) is 1. The van der Waals surface area contributed by atoms with E-state index in [1.807, 2.05) is 24.3 Å². The van der Waals surface area contributed by atoms with Crippen LogP contribution >= 0.6 is 11.6 Å². The number of halogens is 1. The van der Waals surface area contributed by atoms with Gasteiger partial charge in [0.1, 0.15) is 0 Å². The quantitative estimate of drug-likeness (QED) is 0.701. The number of nitrogens with one attached hydrogen (secondary N) is 1. The van der Waals surface area contributed by atoms with Crippen LogP contribution in [0.4, 0.5) is 0 Å². The van der Waals surface area contributed by atoms with Crippen molar-refractivity contribution in [1.29, 1.82) is 0 Å². The molecule has 0 amide bonds. The van der Waals surface area contributed by atoms with Crippen molar-refractivity contribution >= 4 is 11.6 Å². The highest BCUT2D eigenvalue weighted by atomic mass is 35.5. The van der Waals surface area contributed by atoms with Gasteiger partial charge in [0.15, 0.2) is 0 Å². The number of benzene rings is 1. The van der Waals surface area contributed by atoms with E-state index in [0.717, 1.165) is 37.8 Å². The minimum absolute atomic E-state index is 0.310. The third-order valence-corrected chi connectivity index (χ3v) is 2.96. The summed E-state index contributed by atoms with van der Waals surface area (Å²) in [5, 5.41) is 4.18. The Hall–Kier alpha value is -0.610. The molecule has 0 aliphatic carbocycles. The van der Waals surface area contributed by atoms with E-state index in [0.29, 0.717) is 6.04 Å². The van der Waals surface area contributed by atoms with Gasteiger partial charge in [0.25, 0.3) is 0 Å². The summed E-state index contributed by atoms with van der Waals surface area (Å²) in [5.74, 6) is 0. The lowest BCUT2D eigenvalue weighted by Crippen LogP contribution is -2.23. The van der Waals surface area contributed by atoms with Gasteiger partial charge in [-0.2, -0.15) is 0 Å². The van der Waals surface area contributed by atoms with E-state index in [4.69, 9.17) is 21.1 Å². The summed E-state index contributed by atoms with van der Waals surface area (Å²) in [7, 11) is 1.70. The Labute approximate surface area is 114 Å². The molecule has 0 spiro atoms. The molecule has 3 nitrogen and oxygen atoms in total. The molecule has 18 heavy (non-hydrogen) atoms. The van der Waals surface area contributed by atoms with E-state index in [1.54, 1.807) is 7.11 Å². The van der Waals surface area contributed by atoms with Crippen molar-refractivity contribution in [1.82, 2.24) is 5.32 Å². The van der Waals surface area contributed by atoms with Crippen molar-refractivity contribution in [2.24, 2.45) is 0 Å². The average Bonchev–Trinajstić information content (AvgIpc) is 2.38. The van der Waals surface area contributed by atoms with Gasteiger partial charge in [-0.05, 0) is 31.0 Å². The van der Waals surface area contributed by atoms with Gasteiger partial charge < -0.3 is 14.8 Å². The third kappa shape index (κ3) is 6.36. The van der Waals surface area contributed by atoms with E-state index in [1.165, 1.54) is 5.56 Å². The Bertz CT molecular complexity index is 316. The van der Waals surface area contributed by atoms with Crippen LogP contribution in [-0.4, -0.2) is 33.5 Å². The van der Waals surface area contributed by atoms with E-state index in [-0.39, 0.29) is 0 Å². The smallest absolute Gasteiger partial charge is 0.0591 e. The van der Waals surface area contributed by atoms with Crippen molar-refractivity contribution in [3.05, 3.63) is 34.9 Å². The monoisotopic (exact) mass is 271 g/mol. The first-order valence-electron chi connectivity index (χ1n) is 6.29. The van der Waals surface area contributed by atoms with Crippen LogP contribution in [0, 0.1) is 0 Å². The van der Waals surface area contributed by atoms with Gasteiger partial charge in [0.05, 0.1) is 6.61 Å². The molecule has 102 valence electrons. The topological polar surface area (TPSA) is 30.5 Å². The highest BCUT2D eigenvalue weighted by Crippen LogP contribution is 2.15. The van der Waals surface area contributed by atoms with Gasteiger partial charge in [-0.25, -0.2) is 0 Å². The first-order chi connectivity index (χ1) is 8.74. The molecule has 0 unspecified atom stereocenters. The zero-order valence-corrected chi connectivity index (χ0v) is 11.9. The molecule has 1 atom stereocenters. The highest BCUT2D eigenvalue weighted by molar-refractivity contribution is 6.30. The first-order valence-corrected chi connectivity index (χ1v) is 6.67. The van der Waals surface area contributed by atoms with Crippen LogP contribution < -0.4 is 5.32 Å². The fourth-order valence-electron chi connectivity index (χ4n) is 1.62. The molecule has 0 aromatic heterocycles. The van der Waals surface area contributed by atoms with Crippen molar-refractivity contribution in [3.63, 3.8) is 0 Å². The molecule has 1 rings (SSSR count). The van der Waals surface area contributed by atoms with E-state index in [2.05, 4.69) is 12.2 Å². The molecule has 0 radical (unpaired) electrons. The normalized spacial score (nSPS) is 12.6. The number of rotatable bonds is 9. The Kier molecular flexibility index (Phi) is 8.01. The zero-order valence-electron chi connectivity index (χ0n) is 11.1. The minimum Gasteiger partial charge on any atom is -0.385 e. The second-order valence-electron chi connectivity index (χ2n) is 4.19. The van der Waals surface area contributed by atoms with Crippen LogP contribution in [0.5, 0.6) is 0 Å². The number of hydrogen-bond acceptors (Lipinski definition) is 3. The lowest BCUT2D eigenvalue weighted by molar-refractivity contribution is 0.103. The first kappa shape index (κ1) is 15.4. The molecule has 0 aliphatic rings. The largest absolute Gasteiger partial charge is 0.385 e. The molecule has 0 aliphatic heterocycles. The highest BCUT2D eigenvalue weighted by Gasteiger charge is 2.03. The fourth-order valence-corrected chi connectivity index (χ4v) is 1.75. The van der Waals surface area contributed by atoms with Crippen molar-refractivity contribution in [3.8, 4) is 0 Å². The van der Waals surface area contributed by atoms with Crippen LogP contribution in [0.1, 0.15) is 24.9 Å². The summed E-state index contributed by atoms with van der Waals surface area (Å²) in [6, 6.07) is 8.22. The molecule has 0 bridgehead atoms. The van der Waals surface area contributed by atoms with Crippen LogP contribution in [0.15, 0.2) is 24.3 Å². The molecular formula is C14H22ClNO2. The van der Waals surface area contributed by atoms with Crippen molar-refractivity contribution in [2.75, 3.05) is 33.5 Å². The molecule has 0 saturated heterocycles. The third-order valence-electron chi connectivity index (χ3n) is 2.70. The molecule has 0 heterocycles. The maximum absolute atomic E-state index is 5.85. The summed E-state index contributed by atoms with van der Waals surface area (Å²) < 4.78 is 10.4. The van der Waals surface area contributed by atoms with Crippen molar-refractivity contribution < 1.29 is 9.47 Å². The standard InChI is InChI=1S/C14H22ClNO2/c1-12(13-4-6-14(15)7-5-13)16-8-11-18-10-3-9-17-2/h4-7,12,16H,3,8-11H2,1-2H3/t12-/m1/s1. The molecule has 1 N–H and O–H groups in total. The summed E-state index contributed by atoms with van der Waals surface area (Å²) in [6.07, 6.45) is 0.948. The fraction of sp³-hybridized carbons (Fsp3) is 0.571. The Morgan fingerprint density at radius 3 is 2.56 bits per heavy atom. The lowest BCUT2D eigenvalue weighted by Gasteiger charge is -2.14. The predicted octanol–water partition coefficient (Wildman–Crippen LogP) is 3.04. The Morgan fingerprint density at radius 2 is 1.89 bits per heavy atom. The number of ether oxygens (including phenoxy) is 2. The van der Waals surface area contributed by atoms with Crippen LogP contribution in [-0.2, 0) is 9.47 Å². The summed E-state index contributed by atoms with van der Waals surface area (Å²) in [6.45, 7) is 5.21. The molecule has 1 aromatic carbocycles. The van der Waals surface area contributed by atoms with Crippen LogP contribution in [0.3, 0.4) is 0 Å². The van der Waals surface area contributed by atoms with Gasteiger partial charge in [0.2, 0.25) is 0 Å². The maximum Gasteiger partial charge on any atom is 0.0591 e. The number of methoxy groups -OCH3 is 1. The molecule has 0 saturated carbocycles. The molecule has 0 fully saturated rings. The summed E-state index contributed by atoms with van der Waals surface area (Å²) in [4.78, 5) is 0. The molecular weight excluding hydrogens is 250 g/mol. The van der Waals surface area contributed by atoms with Gasteiger partial charge in [-0.3, -0.25) is 0 Å². The second-order valence-corrected chi connectivity index (χ2v) is 4.62. The average molecular weight is 272 g/mol. The Morgan fingerprint density at radius 1 is 1.17 bits per heavy atom. The second kappa shape index (κ2) is 9.34. The zero-order chi connectivity index (χ0) is 13.2. The van der Waals surface area contributed by atoms with E-state index >= 15 is 0 Å². The molecule has 4 heteroatoms. The summed E-state index contributed by atoms with van der Waals surface area (Å²) >= 11 is 5.85. The lowest BCUT2D eigenvalue weighted by atomic mass is 10.1. The van der Waals surface area contributed by atoms with Gasteiger partial charge >= 0.3 is 0 Å². The summed E-state index contributed by atoms with van der Waals surface area (Å²) in [5.41, 5.74) is 1.23.